The van der Waals surface area contributed by atoms with Gasteiger partial charge in [0.15, 0.2) is 16.8 Å². The second-order valence-electron chi connectivity index (χ2n) is 34.7. The van der Waals surface area contributed by atoms with Crippen molar-refractivity contribution in [3.63, 3.8) is 0 Å². The van der Waals surface area contributed by atoms with Crippen LogP contribution in [0.5, 0.6) is 5.75 Å². The van der Waals surface area contributed by atoms with Gasteiger partial charge in [-0.25, -0.2) is 52.1 Å². The Labute approximate surface area is 736 Å². The quantitative estimate of drug-likeness (QED) is 0.0447. The standard InChI is InChI=1S/C28H30F2N6O2.C26H27FN6O.C22H25N5OS.C19H21N5O2/c1-17-10-22(29)20(27(37)33-18-4-5-18)11-19(17)23-15-35(16-32-23)26-13-31-25-12-24(38-3)21(14-36(25)26)28(30)6-8-34(2)9-7-28;1-16-9-23(27)22(26(34)30-20-4-5-20)10-21(16)19-11-29-33(15-19)25-12-28-24-6-3-17(14-32(24)25)18-7-8-31(2)13-18;1-15-5-6-16(21(28)25-18-7-8-18)11-19(15)17-12-24-27(14-17)20-13-23-22(29-20)26-9-3-2-4-10-26;1-12-3-4-13(19(26)22-15-5-6-15)7-16(12)14-8-21-24(10-14)18-9-20-17(11-25)23(18)2/h10-16,18H,4-9H2,1-3H3,(H,33,37);3,6,9-12,14-15,18,20H,4-5,7-8,13H2,1-2H3,(H,30,34);5-6,11-14,18H,2-4,7-10H2,1H3,(H,25,28);3-4,7-10,15,25H,5-6,11H2,1-2H3,(H,22,26)/t;18-;;/m.1../s1. The van der Waals surface area contributed by atoms with Crippen molar-refractivity contribution >= 4 is 51.4 Å². The molecule has 14 aromatic rings. The molecule has 3 saturated heterocycles. The number of piperidine rings is 2. The number of aromatic nitrogens is 15. The topological polar surface area (TPSA) is 292 Å². The Bertz CT molecular complexity index is 6460. The number of hydrogen-bond donors (Lipinski definition) is 5. The molecule has 10 aromatic heterocycles. The minimum absolute atomic E-state index is 0.00459. The highest BCUT2D eigenvalue weighted by Crippen LogP contribution is 2.43. The lowest BCUT2D eigenvalue weighted by atomic mass is 9.86. The molecule has 28 nitrogen and oxygen atoms in total. The third-order valence-electron chi connectivity index (χ3n) is 25.0. The van der Waals surface area contributed by atoms with E-state index in [0.29, 0.717) is 100 Å². The van der Waals surface area contributed by atoms with Gasteiger partial charge in [0.25, 0.3) is 23.6 Å². The third-order valence-corrected chi connectivity index (χ3v) is 26.1. The maximum Gasteiger partial charge on any atom is 0.254 e. The Kier molecular flexibility index (Phi) is 24.0. The Morgan fingerprint density at radius 3 is 1.60 bits per heavy atom. The number of nitrogens with zero attached hydrogens (tertiary/aromatic N) is 18. The molecule has 7 aliphatic rings. The lowest BCUT2D eigenvalue weighted by Crippen LogP contribution is -2.38. The van der Waals surface area contributed by atoms with Crippen molar-refractivity contribution in [2.24, 2.45) is 7.05 Å². The molecular weight excluding hydrogens is 1630 g/mol. The number of aryl methyl sites for hydroxylation is 4. The number of imidazole rings is 4. The summed E-state index contributed by atoms with van der Waals surface area (Å²) in [6, 6.07) is 24.6. The van der Waals surface area contributed by atoms with Crippen molar-refractivity contribution in [1.82, 2.24) is 103 Å². The summed E-state index contributed by atoms with van der Waals surface area (Å²) in [5.74, 6) is 1.99. The summed E-state index contributed by atoms with van der Waals surface area (Å²) in [6.07, 6.45) is 39.4. The van der Waals surface area contributed by atoms with Crippen molar-refractivity contribution in [3.8, 4) is 72.8 Å². The first-order valence-electron chi connectivity index (χ1n) is 43.6. The van der Waals surface area contributed by atoms with Gasteiger partial charge in [0, 0.05) is 146 Å². The smallest absolute Gasteiger partial charge is 0.254 e. The van der Waals surface area contributed by atoms with Crippen LogP contribution in [0.3, 0.4) is 0 Å². The van der Waals surface area contributed by atoms with E-state index in [-0.39, 0.29) is 47.5 Å². The highest BCUT2D eigenvalue weighted by atomic mass is 32.1. The number of likely N-dealkylation sites (tertiary alicyclic amines) is 2. The van der Waals surface area contributed by atoms with Crippen LogP contribution in [0.15, 0.2) is 166 Å². The Morgan fingerprint density at radius 1 is 0.504 bits per heavy atom. The molecule has 0 radical (unpaired) electrons. The SMILES string of the molecule is COc1cc2ncc(-n3cnc(-c4cc(C(=O)NC5CC5)c(F)cc4C)c3)n2cc1C1(F)CCN(C)CC1.Cc1cc(F)c(C(=O)NC2CC2)cc1-c1cnn(-c2cnc3ccc([C@@H]4CCN(C)C4)cn23)c1.Cc1ccc(C(=O)NC2CC2)cc1-c1cnn(-c2cnc(CO)n2C)c1.Cc1ccc(C(=O)NC2CC2)cc1-c1cnn(-c2cnc(N3CCCCC3)s2)c1. The Hall–Kier alpha value is -12.9. The number of thiazole rings is 1. The molecule has 0 spiro atoms. The van der Waals surface area contributed by atoms with Crippen molar-refractivity contribution in [1.29, 1.82) is 0 Å². The number of alkyl halides is 1. The number of benzene rings is 4. The van der Waals surface area contributed by atoms with E-state index in [1.807, 2.05) is 111 Å². The molecule has 0 unspecified atom stereocenters. The highest BCUT2D eigenvalue weighted by Gasteiger charge is 2.39. The fraction of sp³-hybridized carbons (Fsp3) is 0.368. The number of carbonyl (C=O) groups is 4. The van der Waals surface area contributed by atoms with Crippen LogP contribution in [-0.4, -0.2) is 195 Å². The number of pyridine rings is 2. The van der Waals surface area contributed by atoms with Crippen LogP contribution in [-0.2, 0) is 19.3 Å². The summed E-state index contributed by atoms with van der Waals surface area (Å²) in [7, 11) is 7.54. The predicted octanol–water partition coefficient (Wildman–Crippen LogP) is 14.5. The summed E-state index contributed by atoms with van der Waals surface area (Å²) in [4.78, 5) is 79.1. The molecule has 127 heavy (non-hydrogen) atoms. The zero-order valence-corrected chi connectivity index (χ0v) is 73.2. The van der Waals surface area contributed by atoms with Crippen molar-refractivity contribution < 1.29 is 42.2 Å². The van der Waals surface area contributed by atoms with Gasteiger partial charge >= 0.3 is 0 Å². The number of nitrogens with one attached hydrogen (secondary N) is 4. The van der Waals surface area contributed by atoms with Crippen LogP contribution < -0.4 is 30.9 Å². The molecule has 13 heterocycles. The fourth-order valence-electron chi connectivity index (χ4n) is 16.7. The second kappa shape index (κ2) is 35.8. The Morgan fingerprint density at radius 2 is 1.03 bits per heavy atom. The number of methoxy groups -OCH3 is 1. The number of fused-ring (bicyclic) bond motifs is 2. The second-order valence-corrected chi connectivity index (χ2v) is 35.7. The number of likely N-dealkylation sites (N-methyl/N-ethyl adjacent to an activating group) is 1. The molecule has 21 rings (SSSR count). The molecule has 4 amide bonds. The number of anilines is 1. The van der Waals surface area contributed by atoms with Crippen LogP contribution in [0.2, 0.25) is 0 Å². The number of halogens is 3. The molecule has 4 saturated carbocycles. The molecule has 4 aliphatic carbocycles. The zero-order chi connectivity index (χ0) is 88.1. The monoisotopic (exact) mass is 1740 g/mol. The average Bonchev–Trinajstić information content (AvgIpc) is 1.55. The van der Waals surface area contributed by atoms with E-state index in [9.17, 15) is 33.1 Å². The van der Waals surface area contributed by atoms with E-state index >= 15 is 4.39 Å². The van der Waals surface area contributed by atoms with Gasteiger partial charge in [-0.15, -0.1) is 0 Å². The van der Waals surface area contributed by atoms with Crippen molar-refractivity contribution in [2.45, 2.75) is 160 Å². The maximum atomic E-state index is 16.2. The average molecular weight is 1740 g/mol. The molecule has 32 heteroatoms. The number of carbonyl (C=O) groups excluding carboxylic acids is 4. The Balaban J connectivity index is 0.000000116. The van der Waals surface area contributed by atoms with Crippen LogP contribution in [0, 0.1) is 39.3 Å². The van der Waals surface area contributed by atoms with E-state index < -0.39 is 23.2 Å². The molecule has 4 aromatic carbocycles. The van der Waals surface area contributed by atoms with E-state index in [4.69, 9.17) is 4.74 Å². The summed E-state index contributed by atoms with van der Waals surface area (Å²) < 4.78 is 63.8. The molecule has 0 bridgehead atoms. The summed E-state index contributed by atoms with van der Waals surface area (Å²) in [5, 5.41) is 36.7. The number of amides is 4. The maximum absolute atomic E-state index is 16.2. The number of aliphatic hydroxyl groups excluding tert-OH is 1. The van der Waals surface area contributed by atoms with Gasteiger partial charge in [-0.1, -0.05) is 29.5 Å². The molecule has 656 valence electrons. The van der Waals surface area contributed by atoms with Crippen LogP contribution >= 0.6 is 11.3 Å². The predicted molar refractivity (Wildman–Crippen MR) is 480 cm³/mol. The lowest BCUT2D eigenvalue weighted by Gasteiger charge is -2.35. The zero-order valence-electron chi connectivity index (χ0n) is 72.4. The number of aliphatic hydroxyl groups is 1. The van der Waals surface area contributed by atoms with E-state index in [1.165, 1.54) is 37.0 Å². The normalized spacial score (nSPS) is 16.9. The van der Waals surface area contributed by atoms with Crippen LogP contribution in [0.4, 0.5) is 18.3 Å². The van der Waals surface area contributed by atoms with Gasteiger partial charge < -0.3 is 50.4 Å². The first-order chi connectivity index (χ1) is 61.4. The molecule has 5 N–H and O–H groups in total. The van der Waals surface area contributed by atoms with Crippen molar-refractivity contribution in [3.05, 3.63) is 239 Å². The van der Waals surface area contributed by atoms with Crippen molar-refractivity contribution in [2.75, 3.05) is 65.4 Å². The first-order valence-corrected chi connectivity index (χ1v) is 44.4. The summed E-state index contributed by atoms with van der Waals surface area (Å²) in [6.45, 7) is 13.3. The third kappa shape index (κ3) is 18.7. The summed E-state index contributed by atoms with van der Waals surface area (Å²) >= 11 is 1.68. The van der Waals surface area contributed by atoms with Gasteiger partial charge in [0.2, 0.25) is 0 Å². The molecule has 7 fully saturated rings. The summed E-state index contributed by atoms with van der Waals surface area (Å²) in [5.41, 5.74) is 13.7. The van der Waals surface area contributed by atoms with Gasteiger partial charge in [-0.2, -0.15) is 15.3 Å². The molecule has 3 aliphatic heterocycles. The van der Waals surface area contributed by atoms with E-state index in [0.717, 1.165) is 161 Å². The van der Waals surface area contributed by atoms with Crippen LogP contribution in [0.25, 0.3) is 78.4 Å². The fourth-order valence-corrected chi connectivity index (χ4v) is 17.6. The molecular formula is C95H103F3N22O6S. The largest absolute Gasteiger partial charge is 0.496 e. The van der Waals surface area contributed by atoms with Crippen LogP contribution in [0.1, 0.15) is 176 Å². The lowest BCUT2D eigenvalue weighted by molar-refractivity contribution is 0.0645. The van der Waals surface area contributed by atoms with Gasteiger partial charge in [-0.3, -0.25) is 32.5 Å². The number of rotatable bonds is 21. The van der Waals surface area contributed by atoms with Gasteiger partial charge in [0.1, 0.15) is 63.9 Å². The van der Waals surface area contributed by atoms with E-state index in [1.54, 1.807) is 106 Å². The van der Waals surface area contributed by atoms with E-state index in [2.05, 4.69) is 113 Å². The number of hydrogen-bond acceptors (Lipinski definition) is 18. The minimum atomic E-state index is -1.50. The minimum Gasteiger partial charge on any atom is -0.496 e. The van der Waals surface area contributed by atoms with Gasteiger partial charge in [0.05, 0.1) is 67.3 Å². The highest BCUT2D eigenvalue weighted by molar-refractivity contribution is 7.18. The number of ether oxygens (including phenoxy) is 1. The molecule has 1 atom stereocenters. The first kappa shape index (κ1) is 84.9. The van der Waals surface area contributed by atoms with Gasteiger partial charge in [-0.05, 0) is 243 Å².